The van der Waals surface area contributed by atoms with Crippen molar-refractivity contribution in [3.63, 3.8) is 0 Å². The van der Waals surface area contributed by atoms with E-state index in [1.807, 2.05) is 5.38 Å². The highest BCUT2D eigenvalue weighted by Gasteiger charge is 2.29. The van der Waals surface area contributed by atoms with Gasteiger partial charge < -0.3 is 5.32 Å². The Kier molecular flexibility index (Phi) is 5.88. The van der Waals surface area contributed by atoms with Crippen LogP contribution in [-0.2, 0) is 10.0 Å². The summed E-state index contributed by atoms with van der Waals surface area (Å²) >= 11 is 4.73. The lowest BCUT2D eigenvalue weighted by molar-refractivity contribution is 0.0945. The van der Waals surface area contributed by atoms with Gasteiger partial charge in [-0.1, -0.05) is 0 Å². The zero-order chi connectivity index (χ0) is 17.9. The molecule has 0 aromatic carbocycles. The van der Waals surface area contributed by atoms with Crippen molar-refractivity contribution < 1.29 is 13.2 Å². The molecule has 1 aliphatic rings. The first kappa shape index (κ1) is 18.5. The van der Waals surface area contributed by atoms with Crippen molar-refractivity contribution in [1.82, 2.24) is 14.6 Å². The van der Waals surface area contributed by atoms with Gasteiger partial charge in [-0.05, 0) is 52.9 Å². The summed E-state index contributed by atoms with van der Waals surface area (Å²) in [6.45, 7) is 1.49. The number of hydrogen-bond acceptors (Lipinski definition) is 5. The molecule has 2 aromatic rings. The molecule has 0 spiro atoms. The number of halogens is 1. The van der Waals surface area contributed by atoms with Gasteiger partial charge in [0.2, 0.25) is 10.0 Å². The van der Waals surface area contributed by atoms with Crippen LogP contribution in [0.1, 0.15) is 22.5 Å². The normalized spacial score (nSPS) is 16.7. The van der Waals surface area contributed by atoms with Crippen molar-refractivity contribution in [3.8, 4) is 0 Å². The van der Waals surface area contributed by atoms with E-state index >= 15 is 0 Å². The lowest BCUT2D eigenvalue weighted by atomic mass is 9.98. The molecular formula is C16H18BrN3O3S2. The summed E-state index contributed by atoms with van der Waals surface area (Å²) in [6, 6.07) is 4.98. The number of amides is 1. The number of hydrogen-bond donors (Lipinski definition) is 1. The molecule has 1 fully saturated rings. The summed E-state index contributed by atoms with van der Waals surface area (Å²) in [7, 11) is -3.48. The van der Waals surface area contributed by atoms with Gasteiger partial charge in [0.1, 0.15) is 4.90 Å². The van der Waals surface area contributed by atoms with Crippen LogP contribution in [0.5, 0.6) is 0 Å². The van der Waals surface area contributed by atoms with Gasteiger partial charge in [0.25, 0.3) is 5.91 Å². The molecule has 0 saturated carbocycles. The molecule has 0 atom stereocenters. The molecule has 134 valence electrons. The van der Waals surface area contributed by atoms with E-state index in [9.17, 15) is 13.2 Å². The molecule has 25 heavy (non-hydrogen) atoms. The molecule has 3 heterocycles. The fraction of sp³-hybridized carbons (Fsp3) is 0.375. The number of nitrogens with one attached hydrogen (secondary N) is 1. The second kappa shape index (κ2) is 7.94. The Morgan fingerprint density at radius 3 is 2.76 bits per heavy atom. The summed E-state index contributed by atoms with van der Waals surface area (Å²) in [5.41, 5.74) is 0. The van der Waals surface area contributed by atoms with Crippen LogP contribution < -0.4 is 5.32 Å². The number of carbonyl (C=O) groups is 1. The molecule has 0 aliphatic carbocycles. The molecule has 6 nitrogen and oxygen atoms in total. The smallest absolute Gasteiger partial charge is 0.261 e. The van der Waals surface area contributed by atoms with E-state index < -0.39 is 10.0 Å². The zero-order valence-corrected chi connectivity index (χ0v) is 16.6. The minimum absolute atomic E-state index is 0.0823. The number of rotatable bonds is 5. The lowest BCUT2D eigenvalue weighted by Crippen LogP contribution is -2.41. The average molecular weight is 444 g/mol. The zero-order valence-electron chi connectivity index (χ0n) is 13.4. The molecule has 2 aromatic heterocycles. The molecule has 1 aliphatic heterocycles. The number of pyridine rings is 1. The number of thiophene rings is 1. The summed E-state index contributed by atoms with van der Waals surface area (Å²) < 4.78 is 27.5. The topological polar surface area (TPSA) is 79.4 Å². The van der Waals surface area contributed by atoms with Crippen molar-refractivity contribution in [2.45, 2.75) is 17.7 Å². The summed E-state index contributed by atoms with van der Waals surface area (Å²) in [6.07, 6.45) is 4.39. The first-order chi connectivity index (χ1) is 12.0. The van der Waals surface area contributed by atoms with Gasteiger partial charge >= 0.3 is 0 Å². The van der Waals surface area contributed by atoms with E-state index in [-0.39, 0.29) is 16.7 Å². The number of aromatic nitrogens is 1. The van der Waals surface area contributed by atoms with Crippen LogP contribution in [0.3, 0.4) is 0 Å². The van der Waals surface area contributed by atoms with Gasteiger partial charge in [-0.15, -0.1) is 11.3 Å². The summed E-state index contributed by atoms with van der Waals surface area (Å²) in [4.78, 5) is 16.9. The monoisotopic (exact) mass is 443 g/mol. The SMILES string of the molecule is O=C(NCC1CCN(S(=O)(=O)c2cccnc2)CC1)c1cc(Br)cs1. The Morgan fingerprint density at radius 1 is 1.40 bits per heavy atom. The highest BCUT2D eigenvalue weighted by atomic mass is 79.9. The molecule has 1 N–H and O–H groups in total. The van der Waals surface area contributed by atoms with E-state index in [2.05, 4.69) is 26.2 Å². The molecule has 0 bridgehead atoms. The molecule has 0 radical (unpaired) electrons. The number of sulfonamides is 1. The molecule has 9 heteroatoms. The van der Waals surface area contributed by atoms with Gasteiger partial charge in [0.05, 0.1) is 4.88 Å². The quantitative estimate of drug-likeness (QED) is 0.769. The summed E-state index contributed by atoms with van der Waals surface area (Å²) in [5, 5.41) is 4.81. The van der Waals surface area contributed by atoms with Crippen molar-refractivity contribution in [2.24, 2.45) is 5.92 Å². The molecule has 3 rings (SSSR count). The van der Waals surface area contributed by atoms with Crippen LogP contribution in [0.4, 0.5) is 0 Å². The highest BCUT2D eigenvalue weighted by molar-refractivity contribution is 9.10. The predicted molar refractivity (Wildman–Crippen MR) is 100 cm³/mol. The first-order valence-electron chi connectivity index (χ1n) is 7.89. The predicted octanol–water partition coefficient (Wildman–Crippen LogP) is 2.74. The number of carbonyl (C=O) groups excluding carboxylic acids is 1. The molecule has 1 saturated heterocycles. The molecule has 0 unspecified atom stereocenters. The fourth-order valence-electron chi connectivity index (χ4n) is 2.76. The maximum absolute atomic E-state index is 12.6. The minimum Gasteiger partial charge on any atom is -0.351 e. The van der Waals surface area contributed by atoms with E-state index in [1.54, 1.807) is 24.4 Å². The Morgan fingerprint density at radius 2 is 2.16 bits per heavy atom. The van der Waals surface area contributed by atoms with Crippen LogP contribution in [-0.4, -0.2) is 43.2 Å². The van der Waals surface area contributed by atoms with Crippen molar-refractivity contribution in [1.29, 1.82) is 0 Å². The number of nitrogens with zero attached hydrogens (tertiary/aromatic N) is 2. The van der Waals surface area contributed by atoms with Crippen LogP contribution >= 0.6 is 27.3 Å². The lowest BCUT2D eigenvalue weighted by Gasteiger charge is -2.31. The van der Waals surface area contributed by atoms with E-state index in [0.29, 0.717) is 24.5 Å². The van der Waals surface area contributed by atoms with Gasteiger partial charge in [-0.25, -0.2) is 8.42 Å². The van der Waals surface area contributed by atoms with E-state index in [4.69, 9.17) is 0 Å². The Bertz CT molecular complexity index is 831. The van der Waals surface area contributed by atoms with Crippen LogP contribution in [0.2, 0.25) is 0 Å². The highest BCUT2D eigenvalue weighted by Crippen LogP contribution is 2.23. The third-order valence-electron chi connectivity index (χ3n) is 4.19. The molecular weight excluding hydrogens is 426 g/mol. The van der Waals surface area contributed by atoms with Gasteiger partial charge in [-0.2, -0.15) is 4.31 Å². The van der Waals surface area contributed by atoms with Crippen molar-refractivity contribution in [3.05, 3.63) is 45.3 Å². The third kappa shape index (κ3) is 4.46. The van der Waals surface area contributed by atoms with Gasteiger partial charge in [0.15, 0.2) is 0 Å². The van der Waals surface area contributed by atoms with Crippen molar-refractivity contribution in [2.75, 3.05) is 19.6 Å². The fourth-order valence-corrected chi connectivity index (χ4v) is 5.54. The second-order valence-electron chi connectivity index (χ2n) is 5.88. The average Bonchev–Trinajstić information content (AvgIpc) is 3.07. The first-order valence-corrected chi connectivity index (χ1v) is 11.0. The Balaban J connectivity index is 1.51. The van der Waals surface area contributed by atoms with Crippen molar-refractivity contribution >= 4 is 43.2 Å². The maximum Gasteiger partial charge on any atom is 0.261 e. The number of piperidine rings is 1. The third-order valence-corrected chi connectivity index (χ3v) is 7.76. The van der Waals surface area contributed by atoms with Crippen LogP contribution in [0, 0.1) is 5.92 Å². The largest absolute Gasteiger partial charge is 0.351 e. The van der Waals surface area contributed by atoms with Gasteiger partial charge in [-0.3, -0.25) is 9.78 Å². The van der Waals surface area contributed by atoms with Crippen LogP contribution in [0.25, 0.3) is 0 Å². The Labute approximate surface area is 159 Å². The second-order valence-corrected chi connectivity index (χ2v) is 9.64. The standard InChI is InChI=1S/C16H18BrN3O3S2/c17-13-8-15(24-11-13)16(21)19-9-12-3-6-20(7-4-12)25(22,23)14-2-1-5-18-10-14/h1-2,5,8,10-12H,3-4,6-7,9H2,(H,19,21). The molecule has 1 amide bonds. The van der Waals surface area contributed by atoms with E-state index in [0.717, 1.165) is 17.3 Å². The summed E-state index contributed by atoms with van der Waals surface area (Å²) in [5.74, 6) is 0.203. The Hall–Kier alpha value is -1.29. The maximum atomic E-state index is 12.6. The van der Waals surface area contributed by atoms with Crippen LogP contribution in [0.15, 0.2) is 45.3 Å². The van der Waals surface area contributed by atoms with E-state index in [1.165, 1.54) is 21.8 Å². The minimum atomic E-state index is -3.48. The van der Waals surface area contributed by atoms with Gasteiger partial charge in [0, 0.05) is 41.9 Å².